The average Bonchev–Trinajstić information content (AvgIpc) is 2.61. The van der Waals surface area contributed by atoms with Crippen molar-refractivity contribution in [2.75, 3.05) is 46.6 Å². The Bertz CT molecular complexity index is 472. The summed E-state index contributed by atoms with van der Waals surface area (Å²) in [5, 5.41) is 6.55. The number of ether oxygens (including phenoxy) is 2. The molecule has 1 aromatic rings. The maximum atomic E-state index is 5.44. The molecule has 0 aliphatic rings. The third kappa shape index (κ3) is 10.1. The first-order chi connectivity index (χ1) is 12.2. The van der Waals surface area contributed by atoms with Crippen LogP contribution in [0, 0.1) is 0 Å². The van der Waals surface area contributed by atoms with E-state index < -0.39 is 0 Å². The lowest BCUT2D eigenvalue weighted by Gasteiger charge is -2.11. The van der Waals surface area contributed by atoms with E-state index in [1.165, 1.54) is 11.1 Å². The van der Waals surface area contributed by atoms with Crippen LogP contribution in [0.1, 0.15) is 44.2 Å². The van der Waals surface area contributed by atoms with E-state index in [1.807, 2.05) is 0 Å². The van der Waals surface area contributed by atoms with E-state index in [2.05, 4.69) is 60.7 Å². The zero-order valence-electron chi connectivity index (χ0n) is 16.3. The molecule has 0 heterocycles. The highest BCUT2D eigenvalue weighted by atomic mass is 16.5. The third-order valence-corrected chi connectivity index (χ3v) is 3.85. The molecule has 1 aromatic carbocycles. The van der Waals surface area contributed by atoms with Crippen LogP contribution < -0.4 is 10.6 Å². The van der Waals surface area contributed by atoms with Crippen LogP contribution in [-0.2, 0) is 15.9 Å². The van der Waals surface area contributed by atoms with Crippen molar-refractivity contribution in [3.63, 3.8) is 0 Å². The number of methoxy groups -OCH3 is 1. The number of nitrogens with one attached hydrogen (secondary N) is 2. The number of hydrogen-bond donors (Lipinski definition) is 2. The number of aliphatic imine (C=N–C) groups is 1. The van der Waals surface area contributed by atoms with E-state index in [4.69, 9.17) is 9.47 Å². The molecular weight excluding hydrogens is 314 g/mol. The number of guanidine groups is 1. The molecule has 0 unspecified atom stereocenters. The Morgan fingerprint density at radius 2 is 1.84 bits per heavy atom. The quantitative estimate of drug-likeness (QED) is 0.346. The van der Waals surface area contributed by atoms with Gasteiger partial charge in [-0.2, -0.15) is 0 Å². The molecule has 0 aliphatic heterocycles. The van der Waals surface area contributed by atoms with Crippen molar-refractivity contribution in [2.45, 2.75) is 39.5 Å². The second kappa shape index (κ2) is 13.7. The van der Waals surface area contributed by atoms with E-state index in [9.17, 15) is 0 Å². The summed E-state index contributed by atoms with van der Waals surface area (Å²) < 4.78 is 10.4. The van der Waals surface area contributed by atoms with Crippen LogP contribution in [0.5, 0.6) is 0 Å². The van der Waals surface area contributed by atoms with Gasteiger partial charge >= 0.3 is 0 Å². The molecule has 0 saturated carbocycles. The Balaban J connectivity index is 2.27. The maximum absolute atomic E-state index is 5.44. The van der Waals surface area contributed by atoms with Crippen molar-refractivity contribution in [2.24, 2.45) is 4.99 Å². The summed E-state index contributed by atoms with van der Waals surface area (Å²) in [5.41, 5.74) is 2.78. The van der Waals surface area contributed by atoms with Crippen molar-refractivity contribution < 1.29 is 9.47 Å². The standard InChI is InChI=1S/C20H35N3O2/c1-5-21-20(23-13-14-25-16-15-24-4)22-12-6-7-18-8-10-19(11-9-18)17(2)3/h8-11,17H,5-7,12-16H2,1-4H3,(H2,21,22,23). The van der Waals surface area contributed by atoms with E-state index in [1.54, 1.807) is 7.11 Å². The minimum atomic E-state index is 0.589. The monoisotopic (exact) mass is 349 g/mol. The lowest BCUT2D eigenvalue weighted by atomic mass is 10.0. The van der Waals surface area contributed by atoms with Gasteiger partial charge in [0.2, 0.25) is 0 Å². The molecule has 0 radical (unpaired) electrons. The maximum Gasteiger partial charge on any atom is 0.191 e. The first-order valence-corrected chi connectivity index (χ1v) is 9.35. The lowest BCUT2D eigenvalue weighted by Crippen LogP contribution is -2.39. The van der Waals surface area contributed by atoms with E-state index in [0.717, 1.165) is 38.4 Å². The van der Waals surface area contributed by atoms with Gasteiger partial charge in [-0.3, -0.25) is 4.99 Å². The summed E-state index contributed by atoms with van der Waals surface area (Å²) in [5.74, 6) is 1.44. The molecule has 0 saturated heterocycles. The van der Waals surface area contributed by atoms with Gasteiger partial charge in [-0.05, 0) is 36.8 Å². The predicted octanol–water partition coefficient (Wildman–Crippen LogP) is 2.96. The van der Waals surface area contributed by atoms with Crippen LogP contribution >= 0.6 is 0 Å². The predicted molar refractivity (Wildman–Crippen MR) is 106 cm³/mol. The summed E-state index contributed by atoms with van der Waals surface area (Å²) >= 11 is 0. The van der Waals surface area contributed by atoms with Crippen molar-refractivity contribution in [1.29, 1.82) is 0 Å². The van der Waals surface area contributed by atoms with Crippen LogP contribution in [0.15, 0.2) is 29.3 Å². The van der Waals surface area contributed by atoms with Gasteiger partial charge in [0.05, 0.1) is 19.8 Å². The average molecular weight is 350 g/mol. The number of rotatable bonds is 12. The summed E-state index contributed by atoms with van der Waals surface area (Å²) in [4.78, 5) is 4.62. The van der Waals surface area contributed by atoms with Crippen molar-refractivity contribution in [3.8, 4) is 0 Å². The molecule has 0 amide bonds. The molecule has 5 heteroatoms. The fraction of sp³-hybridized carbons (Fsp3) is 0.650. The molecule has 0 spiro atoms. The SMILES string of the molecule is CCNC(=NCCCc1ccc(C(C)C)cc1)NCCOCCOC. The van der Waals surface area contributed by atoms with Crippen LogP contribution in [0.3, 0.4) is 0 Å². The lowest BCUT2D eigenvalue weighted by molar-refractivity contribution is 0.0733. The molecule has 25 heavy (non-hydrogen) atoms. The van der Waals surface area contributed by atoms with Crippen molar-refractivity contribution >= 4 is 5.96 Å². The van der Waals surface area contributed by atoms with E-state index in [0.29, 0.717) is 25.7 Å². The van der Waals surface area contributed by atoms with Crippen LogP contribution in [0.2, 0.25) is 0 Å². The molecule has 2 N–H and O–H groups in total. The van der Waals surface area contributed by atoms with Gasteiger partial charge in [0, 0.05) is 26.7 Å². The van der Waals surface area contributed by atoms with Crippen LogP contribution in [0.4, 0.5) is 0 Å². The summed E-state index contributed by atoms with van der Waals surface area (Å²) in [7, 11) is 1.68. The zero-order valence-corrected chi connectivity index (χ0v) is 16.3. The van der Waals surface area contributed by atoms with Gasteiger partial charge in [0.1, 0.15) is 0 Å². The fourth-order valence-electron chi connectivity index (χ4n) is 2.37. The fourth-order valence-corrected chi connectivity index (χ4v) is 2.37. The second-order valence-electron chi connectivity index (χ2n) is 6.29. The Labute approximate surface area is 153 Å². The first kappa shape index (κ1) is 21.5. The van der Waals surface area contributed by atoms with E-state index in [-0.39, 0.29) is 0 Å². The number of benzene rings is 1. The molecular formula is C20H35N3O2. The van der Waals surface area contributed by atoms with Gasteiger partial charge < -0.3 is 20.1 Å². The zero-order chi connectivity index (χ0) is 18.3. The minimum Gasteiger partial charge on any atom is -0.382 e. The second-order valence-corrected chi connectivity index (χ2v) is 6.29. The molecule has 0 fully saturated rings. The Morgan fingerprint density at radius 3 is 2.48 bits per heavy atom. The Kier molecular flexibility index (Phi) is 11.7. The van der Waals surface area contributed by atoms with E-state index >= 15 is 0 Å². The molecule has 0 atom stereocenters. The normalized spacial score (nSPS) is 11.8. The first-order valence-electron chi connectivity index (χ1n) is 9.35. The molecule has 5 nitrogen and oxygen atoms in total. The highest BCUT2D eigenvalue weighted by molar-refractivity contribution is 5.79. The van der Waals surface area contributed by atoms with Gasteiger partial charge in [-0.1, -0.05) is 38.1 Å². The smallest absolute Gasteiger partial charge is 0.191 e. The molecule has 0 aromatic heterocycles. The van der Waals surface area contributed by atoms with Crippen LogP contribution in [0.25, 0.3) is 0 Å². The summed E-state index contributed by atoms with van der Waals surface area (Å²) in [6.45, 7) is 10.8. The van der Waals surface area contributed by atoms with Gasteiger partial charge in [0.25, 0.3) is 0 Å². The highest BCUT2D eigenvalue weighted by Crippen LogP contribution is 2.15. The number of nitrogens with zero attached hydrogens (tertiary/aromatic N) is 1. The van der Waals surface area contributed by atoms with Gasteiger partial charge in [-0.25, -0.2) is 0 Å². The van der Waals surface area contributed by atoms with Crippen LogP contribution in [-0.4, -0.2) is 52.5 Å². The van der Waals surface area contributed by atoms with Gasteiger partial charge in [-0.15, -0.1) is 0 Å². The Morgan fingerprint density at radius 1 is 1.08 bits per heavy atom. The van der Waals surface area contributed by atoms with Crippen molar-refractivity contribution in [1.82, 2.24) is 10.6 Å². The largest absolute Gasteiger partial charge is 0.382 e. The third-order valence-electron chi connectivity index (χ3n) is 3.85. The van der Waals surface area contributed by atoms with Gasteiger partial charge in [0.15, 0.2) is 5.96 Å². The minimum absolute atomic E-state index is 0.589. The Hall–Kier alpha value is -1.59. The molecule has 1 rings (SSSR count). The van der Waals surface area contributed by atoms with Crippen molar-refractivity contribution in [3.05, 3.63) is 35.4 Å². The topological polar surface area (TPSA) is 54.9 Å². The number of aryl methyl sites for hydroxylation is 1. The summed E-state index contributed by atoms with van der Waals surface area (Å²) in [6, 6.07) is 8.94. The molecule has 142 valence electrons. The molecule has 0 bridgehead atoms. The number of hydrogen-bond acceptors (Lipinski definition) is 3. The highest BCUT2D eigenvalue weighted by Gasteiger charge is 2.00. The summed E-state index contributed by atoms with van der Waals surface area (Å²) in [6.07, 6.45) is 2.10. The molecule has 0 aliphatic carbocycles.